The van der Waals surface area contributed by atoms with E-state index in [9.17, 15) is 14.7 Å². The maximum absolute atomic E-state index is 13.3. The number of aliphatic hydroxyl groups is 1. The summed E-state index contributed by atoms with van der Waals surface area (Å²) in [5, 5.41) is 11.2. The van der Waals surface area contributed by atoms with Gasteiger partial charge < -0.3 is 9.84 Å². The second kappa shape index (κ2) is 8.35. The van der Waals surface area contributed by atoms with Gasteiger partial charge in [0.2, 0.25) is 0 Å². The molecule has 3 aromatic rings. The highest BCUT2D eigenvalue weighted by atomic mass is 16.5. The van der Waals surface area contributed by atoms with Crippen LogP contribution >= 0.6 is 0 Å². The number of rotatable bonds is 4. The molecule has 0 aliphatic carbocycles. The van der Waals surface area contributed by atoms with Crippen LogP contribution in [0.4, 0.5) is 5.69 Å². The summed E-state index contributed by atoms with van der Waals surface area (Å²) < 4.78 is 5.55. The van der Waals surface area contributed by atoms with Gasteiger partial charge in [0.25, 0.3) is 11.7 Å². The number of anilines is 1. The van der Waals surface area contributed by atoms with Gasteiger partial charge in [-0.1, -0.05) is 54.1 Å². The van der Waals surface area contributed by atoms with Crippen molar-refractivity contribution in [3.8, 4) is 5.75 Å². The number of para-hydroxylation sites is 1. The highest BCUT2D eigenvalue weighted by Crippen LogP contribution is 2.45. The number of aliphatic hydroxyl groups excluding tert-OH is 1. The largest absolute Gasteiger partial charge is 0.507 e. The van der Waals surface area contributed by atoms with E-state index in [0.717, 1.165) is 16.7 Å². The molecule has 0 spiro atoms. The third-order valence-corrected chi connectivity index (χ3v) is 5.97. The van der Waals surface area contributed by atoms with Crippen LogP contribution in [0.1, 0.15) is 33.9 Å². The van der Waals surface area contributed by atoms with Crippen LogP contribution in [0.15, 0.2) is 72.3 Å². The molecular weight excluding hydrogens is 402 g/mol. The maximum Gasteiger partial charge on any atom is 0.300 e. The van der Waals surface area contributed by atoms with E-state index in [1.807, 2.05) is 69.3 Å². The lowest BCUT2D eigenvalue weighted by atomic mass is 9.94. The summed E-state index contributed by atoms with van der Waals surface area (Å²) in [6.45, 7) is 5.89. The molecule has 1 aliphatic rings. The molecule has 0 aromatic heterocycles. The fraction of sp³-hybridized carbons (Fsp3) is 0.185. The Kier molecular flexibility index (Phi) is 5.57. The van der Waals surface area contributed by atoms with Crippen LogP contribution in [0.25, 0.3) is 5.76 Å². The first-order valence-corrected chi connectivity index (χ1v) is 10.4. The molecule has 1 heterocycles. The van der Waals surface area contributed by atoms with E-state index in [0.29, 0.717) is 22.6 Å². The summed E-state index contributed by atoms with van der Waals surface area (Å²) in [6, 6.07) is 19.2. The number of carbonyl (C=O) groups excluding carboxylic acids is 2. The van der Waals surface area contributed by atoms with E-state index in [-0.39, 0.29) is 11.3 Å². The van der Waals surface area contributed by atoms with Crippen LogP contribution < -0.4 is 9.64 Å². The van der Waals surface area contributed by atoms with Crippen LogP contribution in [-0.2, 0) is 9.59 Å². The molecule has 3 aromatic carbocycles. The zero-order valence-electron chi connectivity index (χ0n) is 18.5. The lowest BCUT2D eigenvalue weighted by Crippen LogP contribution is -2.29. The maximum atomic E-state index is 13.3. The summed E-state index contributed by atoms with van der Waals surface area (Å²) >= 11 is 0. The van der Waals surface area contributed by atoms with E-state index in [1.165, 1.54) is 4.90 Å². The minimum absolute atomic E-state index is 0.0431. The fourth-order valence-electron chi connectivity index (χ4n) is 4.03. The molecule has 162 valence electrons. The molecule has 1 aliphatic heterocycles. The lowest BCUT2D eigenvalue weighted by Gasteiger charge is -2.27. The van der Waals surface area contributed by atoms with Gasteiger partial charge in [0, 0.05) is 16.8 Å². The van der Waals surface area contributed by atoms with Gasteiger partial charge in [-0.05, 0) is 50.1 Å². The Labute approximate surface area is 187 Å². The van der Waals surface area contributed by atoms with Gasteiger partial charge >= 0.3 is 0 Å². The monoisotopic (exact) mass is 427 g/mol. The van der Waals surface area contributed by atoms with Crippen molar-refractivity contribution in [2.24, 2.45) is 0 Å². The number of benzene rings is 3. The molecule has 1 saturated heterocycles. The van der Waals surface area contributed by atoms with Gasteiger partial charge in [-0.2, -0.15) is 0 Å². The fourth-order valence-corrected chi connectivity index (χ4v) is 4.03. The zero-order chi connectivity index (χ0) is 23.0. The van der Waals surface area contributed by atoms with Crippen LogP contribution in [0.2, 0.25) is 0 Å². The highest BCUT2D eigenvalue weighted by molar-refractivity contribution is 6.51. The molecule has 0 radical (unpaired) electrons. The molecule has 5 heteroatoms. The molecule has 32 heavy (non-hydrogen) atoms. The number of carbonyl (C=O) groups is 2. The zero-order valence-corrected chi connectivity index (χ0v) is 18.5. The number of Topliss-reactive ketones (excluding diaryl/α,β-unsaturated/α-hetero) is 1. The minimum Gasteiger partial charge on any atom is -0.507 e. The first kappa shape index (κ1) is 21.4. The van der Waals surface area contributed by atoms with Crippen LogP contribution in [0, 0.1) is 20.8 Å². The quantitative estimate of drug-likeness (QED) is 0.351. The number of nitrogens with zero attached hydrogens (tertiary/aromatic N) is 1. The first-order valence-electron chi connectivity index (χ1n) is 10.4. The van der Waals surface area contributed by atoms with Crippen molar-refractivity contribution in [3.05, 3.63) is 100 Å². The topological polar surface area (TPSA) is 66.8 Å². The summed E-state index contributed by atoms with van der Waals surface area (Å²) in [6.07, 6.45) is 0. The molecule has 5 nitrogen and oxygen atoms in total. The van der Waals surface area contributed by atoms with Crippen molar-refractivity contribution in [1.29, 1.82) is 0 Å². The first-order chi connectivity index (χ1) is 15.3. The van der Waals surface area contributed by atoms with Gasteiger partial charge in [0.15, 0.2) is 0 Å². The molecular formula is C27H25NO4. The second-order valence-corrected chi connectivity index (χ2v) is 8.05. The molecule has 1 N–H and O–H groups in total. The number of hydrogen-bond donors (Lipinski definition) is 1. The van der Waals surface area contributed by atoms with E-state index in [2.05, 4.69) is 0 Å². The number of ketones is 1. The SMILES string of the molecule is COc1ccccc1C1/C(=C(\O)c2ccc(C)cc2)C(=O)C(=O)N1c1ccc(C)c(C)c1. The molecule has 0 bridgehead atoms. The normalized spacial score (nSPS) is 17.6. The van der Waals surface area contributed by atoms with Gasteiger partial charge in [0.05, 0.1) is 18.7 Å². The van der Waals surface area contributed by atoms with E-state index in [4.69, 9.17) is 4.74 Å². The average Bonchev–Trinajstić information content (AvgIpc) is 3.06. The second-order valence-electron chi connectivity index (χ2n) is 8.05. The predicted octanol–water partition coefficient (Wildman–Crippen LogP) is 5.25. The lowest BCUT2D eigenvalue weighted by molar-refractivity contribution is -0.132. The van der Waals surface area contributed by atoms with Crippen molar-refractivity contribution in [1.82, 2.24) is 0 Å². The van der Waals surface area contributed by atoms with Crippen molar-refractivity contribution in [2.45, 2.75) is 26.8 Å². The van der Waals surface area contributed by atoms with Crippen molar-refractivity contribution >= 4 is 23.1 Å². The highest BCUT2D eigenvalue weighted by Gasteiger charge is 2.47. The molecule has 1 amide bonds. The Morgan fingerprint density at radius 3 is 2.25 bits per heavy atom. The van der Waals surface area contributed by atoms with Crippen LogP contribution in [0.3, 0.4) is 0 Å². The summed E-state index contributed by atoms with van der Waals surface area (Å²) in [7, 11) is 1.54. The molecule has 1 atom stereocenters. The standard InChI is InChI=1S/C27H25NO4/c1-16-9-12-19(13-10-16)25(29)23-24(21-7-5-6-8-22(21)32-4)28(27(31)26(23)30)20-14-11-17(2)18(3)15-20/h5-15,24,29H,1-4H3/b25-23+. The summed E-state index contributed by atoms with van der Waals surface area (Å²) in [5.74, 6) is -1.08. The summed E-state index contributed by atoms with van der Waals surface area (Å²) in [4.78, 5) is 28.0. The number of aryl methyl sites for hydroxylation is 3. The Morgan fingerprint density at radius 2 is 1.59 bits per heavy atom. The van der Waals surface area contributed by atoms with Gasteiger partial charge in [-0.3, -0.25) is 14.5 Å². The minimum atomic E-state index is -0.824. The molecule has 1 unspecified atom stereocenters. The van der Waals surface area contributed by atoms with Crippen molar-refractivity contribution in [3.63, 3.8) is 0 Å². The number of hydrogen-bond acceptors (Lipinski definition) is 4. The van der Waals surface area contributed by atoms with E-state index < -0.39 is 17.7 Å². The van der Waals surface area contributed by atoms with Gasteiger partial charge in [-0.25, -0.2) is 0 Å². The Bertz CT molecular complexity index is 1240. The molecule has 0 saturated carbocycles. The Morgan fingerprint density at radius 1 is 0.906 bits per heavy atom. The van der Waals surface area contributed by atoms with Gasteiger partial charge in [-0.15, -0.1) is 0 Å². The van der Waals surface area contributed by atoms with Crippen molar-refractivity contribution < 1.29 is 19.4 Å². The van der Waals surface area contributed by atoms with Crippen LogP contribution in [-0.4, -0.2) is 23.9 Å². The smallest absolute Gasteiger partial charge is 0.300 e. The third kappa shape index (κ3) is 3.56. The van der Waals surface area contributed by atoms with Crippen molar-refractivity contribution in [2.75, 3.05) is 12.0 Å². The Balaban J connectivity index is 1.99. The number of methoxy groups -OCH3 is 1. The Hall–Kier alpha value is -3.86. The van der Waals surface area contributed by atoms with Gasteiger partial charge in [0.1, 0.15) is 11.5 Å². The number of amides is 1. The molecule has 4 rings (SSSR count). The predicted molar refractivity (Wildman–Crippen MR) is 125 cm³/mol. The molecule has 1 fully saturated rings. The van der Waals surface area contributed by atoms with Crippen LogP contribution in [0.5, 0.6) is 5.75 Å². The third-order valence-electron chi connectivity index (χ3n) is 5.97. The summed E-state index contributed by atoms with van der Waals surface area (Å²) in [5.41, 5.74) is 4.85. The van der Waals surface area contributed by atoms with E-state index >= 15 is 0 Å². The average molecular weight is 428 g/mol. The van der Waals surface area contributed by atoms with E-state index in [1.54, 1.807) is 25.3 Å². The number of ether oxygens (including phenoxy) is 1.